The average Bonchev–Trinajstić information content (AvgIpc) is 2.68. The zero-order valence-corrected chi connectivity index (χ0v) is 16.0. The third kappa shape index (κ3) is 3.74. The highest BCUT2D eigenvalue weighted by atomic mass is 32.2. The van der Waals surface area contributed by atoms with Crippen LogP contribution in [0.25, 0.3) is 10.9 Å². The van der Waals surface area contributed by atoms with Gasteiger partial charge in [0.15, 0.2) is 0 Å². The quantitative estimate of drug-likeness (QED) is 0.752. The van der Waals surface area contributed by atoms with Gasteiger partial charge in [-0.1, -0.05) is 24.3 Å². The Morgan fingerprint density at radius 2 is 1.70 bits per heavy atom. The van der Waals surface area contributed by atoms with Crippen molar-refractivity contribution in [3.63, 3.8) is 0 Å². The van der Waals surface area contributed by atoms with Crippen molar-refractivity contribution in [1.82, 2.24) is 9.88 Å². The molecule has 1 aliphatic heterocycles. The summed E-state index contributed by atoms with van der Waals surface area (Å²) in [5.41, 5.74) is 2.06. The molecule has 6 nitrogen and oxygen atoms in total. The lowest BCUT2D eigenvalue weighted by molar-refractivity contribution is 0.313. The van der Waals surface area contributed by atoms with Crippen LogP contribution in [0, 0.1) is 0 Å². The second-order valence-electron chi connectivity index (χ2n) is 6.78. The van der Waals surface area contributed by atoms with Crippen molar-refractivity contribution in [2.75, 3.05) is 42.8 Å². The van der Waals surface area contributed by atoms with Gasteiger partial charge in [-0.15, -0.1) is 0 Å². The SMILES string of the molecule is CN1CCN(c2cccc(NS(=O)(=O)c3cccc4cccnc34)c2)CC1. The number of sulfonamides is 1. The third-order valence-electron chi connectivity index (χ3n) is 4.85. The van der Waals surface area contributed by atoms with Gasteiger partial charge in [0.05, 0.1) is 11.2 Å². The lowest BCUT2D eigenvalue weighted by Crippen LogP contribution is -2.44. The third-order valence-corrected chi connectivity index (χ3v) is 6.26. The van der Waals surface area contributed by atoms with Crippen LogP contribution >= 0.6 is 0 Å². The fourth-order valence-electron chi connectivity index (χ4n) is 3.33. The Labute approximate surface area is 159 Å². The Hall–Kier alpha value is -2.64. The van der Waals surface area contributed by atoms with E-state index in [1.165, 1.54) is 0 Å². The Kier molecular flexibility index (Phi) is 4.72. The highest BCUT2D eigenvalue weighted by molar-refractivity contribution is 7.93. The van der Waals surface area contributed by atoms with E-state index >= 15 is 0 Å². The topological polar surface area (TPSA) is 65.5 Å². The van der Waals surface area contributed by atoms with Crippen LogP contribution in [-0.2, 0) is 10.0 Å². The number of hydrogen-bond donors (Lipinski definition) is 1. The normalized spacial score (nSPS) is 15.8. The Balaban J connectivity index is 1.62. The fourth-order valence-corrected chi connectivity index (χ4v) is 4.56. The number of aromatic nitrogens is 1. The van der Waals surface area contributed by atoms with Crippen LogP contribution in [0.3, 0.4) is 0 Å². The van der Waals surface area contributed by atoms with E-state index in [9.17, 15) is 8.42 Å². The lowest BCUT2D eigenvalue weighted by atomic mass is 10.2. The minimum atomic E-state index is -3.74. The van der Waals surface area contributed by atoms with Gasteiger partial charge < -0.3 is 9.80 Å². The monoisotopic (exact) mass is 382 g/mol. The zero-order chi connectivity index (χ0) is 18.9. The summed E-state index contributed by atoms with van der Waals surface area (Å²) in [6, 6.07) is 16.4. The van der Waals surface area contributed by atoms with Gasteiger partial charge in [0.2, 0.25) is 0 Å². The van der Waals surface area contributed by atoms with E-state index in [1.54, 1.807) is 30.5 Å². The second-order valence-corrected chi connectivity index (χ2v) is 8.43. The van der Waals surface area contributed by atoms with Crippen molar-refractivity contribution < 1.29 is 8.42 Å². The molecule has 1 saturated heterocycles. The van der Waals surface area contributed by atoms with Crippen LogP contribution in [0.2, 0.25) is 0 Å². The van der Waals surface area contributed by atoms with Crippen molar-refractivity contribution in [2.45, 2.75) is 4.90 Å². The molecule has 0 atom stereocenters. The van der Waals surface area contributed by atoms with Crippen molar-refractivity contribution in [2.24, 2.45) is 0 Å². The van der Waals surface area contributed by atoms with Gasteiger partial charge in [-0.2, -0.15) is 0 Å². The largest absolute Gasteiger partial charge is 0.369 e. The van der Waals surface area contributed by atoms with E-state index in [1.807, 2.05) is 30.3 Å². The van der Waals surface area contributed by atoms with Crippen molar-refractivity contribution in [3.8, 4) is 0 Å². The first-order chi connectivity index (χ1) is 13.0. The molecule has 0 bridgehead atoms. The summed E-state index contributed by atoms with van der Waals surface area (Å²) in [4.78, 5) is 9.00. The number of hydrogen-bond acceptors (Lipinski definition) is 5. The summed E-state index contributed by atoms with van der Waals surface area (Å²) in [6.07, 6.45) is 1.61. The molecule has 0 spiro atoms. The lowest BCUT2D eigenvalue weighted by Gasteiger charge is -2.34. The van der Waals surface area contributed by atoms with Gasteiger partial charge in [0.25, 0.3) is 10.0 Å². The molecular weight excluding hydrogens is 360 g/mol. The highest BCUT2D eigenvalue weighted by Gasteiger charge is 2.19. The first kappa shape index (κ1) is 17.8. The van der Waals surface area contributed by atoms with Gasteiger partial charge in [0.1, 0.15) is 4.90 Å². The number of piperazine rings is 1. The van der Waals surface area contributed by atoms with Crippen molar-refractivity contribution in [3.05, 3.63) is 60.8 Å². The van der Waals surface area contributed by atoms with Crippen LogP contribution in [0.1, 0.15) is 0 Å². The number of nitrogens with zero attached hydrogens (tertiary/aromatic N) is 3. The molecule has 1 aromatic heterocycles. The smallest absolute Gasteiger partial charge is 0.264 e. The number of fused-ring (bicyclic) bond motifs is 1. The zero-order valence-electron chi connectivity index (χ0n) is 15.2. The summed E-state index contributed by atoms with van der Waals surface area (Å²) in [6.45, 7) is 3.86. The minimum absolute atomic E-state index is 0.186. The van der Waals surface area contributed by atoms with Gasteiger partial charge in [0, 0.05) is 43.4 Å². The van der Waals surface area contributed by atoms with Crippen LogP contribution in [0.4, 0.5) is 11.4 Å². The molecule has 0 unspecified atom stereocenters. The molecule has 0 saturated carbocycles. The maximum atomic E-state index is 13.0. The van der Waals surface area contributed by atoms with E-state index < -0.39 is 10.0 Å². The Bertz CT molecular complexity index is 1060. The molecule has 0 amide bonds. The molecule has 2 aromatic carbocycles. The maximum Gasteiger partial charge on any atom is 0.264 e. The number of anilines is 2. The summed E-state index contributed by atoms with van der Waals surface area (Å²) < 4.78 is 28.7. The van der Waals surface area contributed by atoms with Gasteiger partial charge in [-0.05, 0) is 37.4 Å². The maximum absolute atomic E-state index is 13.0. The molecule has 140 valence electrons. The molecule has 27 heavy (non-hydrogen) atoms. The van der Waals surface area contributed by atoms with E-state index in [-0.39, 0.29) is 4.90 Å². The number of nitrogens with one attached hydrogen (secondary N) is 1. The van der Waals surface area contributed by atoms with E-state index in [0.717, 1.165) is 37.3 Å². The number of likely N-dealkylation sites (N-methyl/N-ethyl adjacent to an activating group) is 1. The number of para-hydroxylation sites is 1. The molecule has 2 heterocycles. The summed E-state index contributed by atoms with van der Waals surface area (Å²) in [5, 5.41) is 0.798. The van der Waals surface area contributed by atoms with Crippen LogP contribution in [0.5, 0.6) is 0 Å². The molecule has 0 radical (unpaired) electrons. The van der Waals surface area contributed by atoms with Gasteiger partial charge >= 0.3 is 0 Å². The summed E-state index contributed by atoms with van der Waals surface area (Å²) in [7, 11) is -1.62. The standard InChI is InChI=1S/C20H22N4O2S/c1-23-11-13-24(14-12-23)18-8-3-7-17(15-18)22-27(25,26)19-9-2-5-16-6-4-10-21-20(16)19/h2-10,15,22H,11-14H2,1H3. The van der Waals surface area contributed by atoms with Gasteiger partial charge in [-0.3, -0.25) is 9.71 Å². The van der Waals surface area contributed by atoms with Crippen LogP contribution in [-0.4, -0.2) is 51.5 Å². The molecule has 1 fully saturated rings. The van der Waals surface area contributed by atoms with E-state index in [0.29, 0.717) is 11.2 Å². The van der Waals surface area contributed by atoms with Crippen LogP contribution < -0.4 is 9.62 Å². The number of benzene rings is 2. The predicted octanol–water partition coefficient (Wildman–Crippen LogP) is 2.79. The molecule has 3 aromatic rings. The minimum Gasteiger partial charge on any atom is -0.369 e. The predicted molar refractivity (Wildman–Crippen MR) is 109 cm³/mol. The van der Waals surface area contributed by atoms with E-state index in [2.05, 4.69) is 26.6 Å². The fraction of sp³-hybridized carbons (Fsp3) is 0.250. The van der Waals surface area contributed by atoms with Crippen molar-refractivity contribution in [1.29, 1.82) is 0 Å². The number of rotatable bonds is 4. The van der Waals surface area contributed by atoms with Crippen molar-refractivity contribution >= 4 is 32.3 Å². The molecule has 7 heteroatoms. The molecule has 4 rings (SSSR count). The Morgan fingerprint density at radius 3 is 2.52 bits per heavy atom. The van der Waals surface area contributed by atoms with Gasteiger partial charge in [-0.25, -0.2) is 8.42 Å². The summed E-state index contributed by atoms with van der Waals surface area (Å²) >= 11 is 0. The average molecular weight is 382 g/mol. The van der Waals surface area contributed by atoms with E-state index in [4.69, 9.17) is 0 Å². The first-order valence-corrected chi connectivity index (χ1v) is 10.4. The molecule has 1 N–H and O–H groups in total. The van der Waals surface area contributed by atoms with Crippen LogP contribution in [0.15, 0.2) is 65.7 Å². The molecular formula is C20H22N4O2S. The first-order valence-electron chi connectivity index (χ1n) is 8.93. The highest BCUT2D eigenvalue weighted by Crippen LogP contribution is 2.26. The molecule has 1 aliphatic rings. The number of pyridine rings is 1. The molecule has 0 aliphatic carbocycles. The second kappa shape index (κ2) is 7.17. The Morgan fingerprint density at radius 1 is 0.963 bits per heavy atom. The summed E-state index contributed by atoms with van der Waals surface area (Å²) in [5.74, 6) is 0.